The van der Waals surface area contributed by atoms with Gasteiger partial charge in [-0.05, 0) is 56.0 Å². The van der Waals surface area contributed by atoms with Crippen molar-refractivity contribution in [2.24, 2.45) is 0 Å². The molecule has 1 aliphatic rings. The first-order valence-electron chi connectivity index (χ1n) is 11.0. The Labute approximate surface area is 189 Å². The molecule has 0 spiro atoms. The highest BCUT2D eigenvalue weighted by molar-refractivity contribution is 6.31. The molecule has 0 aliphatic heterocycles. The van der Waals surface area contributed by atoms with E-state index in [0.717, 1.165) is 36.8 Å². The van der Waals surface area contributed by atoms with Crippen molar-refractivity contribution in [2.75, 3.05) is 6.61 Å². The third-order valence-corrected chi connectivity index (χ3v) is 6.23. The summed E-state index contributed by atoms with van der Waals surface area (Å²) < 4.78 is 5.72. The van der Waals surface area contributed by atoms with E-state index >= 15 is 0 Å². The van der Waals surface area contributed by atoms with E-state index in [1.165, 1.54) is 6.42 Å². The lowest BCUT2D eigenvalue weighted by atomic mass is 9.95. The van der Waals surface area contributed by atoms with E-state index in [0.29, 0.717) is 17.3 Å². The fourth-order valence-electron chi connectivity index (χ4n) is 3.87. The van der Waals surface area contributed by atoms with Crippen LogP contribution in [0.25, 0.3) is 0 Å². The maximum atomic E-state index is 13.1. The molecule has 2 amide bonds. The van der Waals surface area contributed by atoms with Crippen LogP contribution in [0.1, 0.15) is 50.2 Å². The molecule has 0 saturated heterocycles. The second-order valence-electron chi connectivity index (χ2n) is 8.23. The summed E-state index contributed by atoms with van der Waals surface area (Å²) >= 11 is 6.07. The van der Waals surface area contributed by atoms with Crippen molar-refractivity contribution in [3.05, 3.63) is 64.7 Å². The molecule has 2 aromatic carbocycles. The molecule has 1 unspecified atom stereocenters. The number of halogens is 1. The number of rotatable bonds is 8. The van der Waals surface area contributed by atoms with E-state index in [2.05, 4.69) is 5.32 Å². The van der Waals surface area contributed by atoms with Gasteiger partial charge in [-0.15, -0.1) is 0 Å². The molecule has 5 nitrogen and oxygen atoms in total. The third kappa shape index (κ3) is 6.73. The van der Waals surface area contributed by atoms with Gasteiger partial charge in [0.1, 0.15) is 11.8 Å². The summed E-state index contributed by atoms with van der Waals surface area (Å²) in [5, 5.41) is 3.79. The molecule has 0 radical (unpaired) electrons. The molecule has 0 bridgehead atoms. The molecule has 31 heavy (non-hydrogen) atoms. The van der Waals surface area contributed by atoms with Gasteiger partial charge in [-0.1, -0.05) is 61.2 Å². The van der Waals surface area contributed by atoms with Crippen molar-refractivity contribution in [3.8, 4) is 5.75 Å². The summed E-state index contributed by atoms with van der Waals surface area (Å²) in [6.07, 6.45) is 5.51. The lowest BCUT2D eigenvalue weighted by Crippen LogP contribution is -2.51. The first-order chi connectivity index (χ1) is 14.9. The minimum Gasteiger partial charge on any atom is -0.484 e. The molecule has 1 N–H and O–H groups in total. The standard InChI is InChI=1S/C25H31ClN2O3/c1-18-15-22(13-14-23(18)26)31-17-24(29)28(16-20-9-5-3-6-10-20)19(2)25(30)27-21-11-7-4-8-12-21/h3,5-6,9-10,13-15,19,21H,4,7-8,11-12,16-17H2,1-2H3,(H,27,30). The first-order valence-corrected chi connectivity index (χ1v) is 11.3. The van der Waals surface area contributed by atoms with Crippen molar-refractivity contribution in [3.63, 3.8) is 0 Å². The maximum absolute atomic E-state index is 13.1. The van der Waals surface area contributed by atoms with E-state index in [9.17, 15) is 9.59 Å². The van der Waals surface area contributed by atoms with Gasteiger partial charge in [-0.2, -0.15) is 0 Å². The van der Waals surface area contributed by atoms with Gasteiger partial charge in [0.2, 0.25) is 5.91 Å². The molecule has 1 aliphatic carbocycles. The van der Waals surface area contributed by atoms with E-state index < -0.39 is 6.04 Å². The lowest BCUT2D eigenvalue weighted by Gasteiger charge is -2.31. The van der Waals surface area contributed by atoms with Crippen LogP contribution in [0, 0.1) is 6.92 Å². The second kappa shape index (κ2) is 11.2. The molecule has 1 saturated carbocycles. The number of benzene rings is 2. The largest absolute Gasteiger partial charge is 0.484 e. The van der Waals surface area contributed by atoms with Gasteiger partial charge in [0.15, 0.2) is 6.61 Å². The third-order valence-electron chi connectivity index (χ3n) is 5.81. The van der Waals surface area contributed by atoms with Crippen LogP contribution in [-0.4, -0.2) is 35.4 Å². The van der Waals surface area contributed by atoms with Crippen LogP contribution >= 0.6 is 11.6 Å². The Kier molecular flexibility index (Phi) is 8.35. The number of amides is 2. The molecule has 1 fully saturated rings. The molecule has 6 heteroatoms. The molecule has 0 aromatic heterocycles. The highest BCUT2D eigenvalue weighted by atomic mass is 35.5. The van der Waals surface area contributed by atoms with Gasteiger partial charge in [0.05, 0.1) is 0 Å². The topological polar surface area (TPSA) is 58.6 Å². The number of carbonyl (C=O) groups is 2. The molecule has 0 heterocycles. The van der Waals surface area contributed by atoms with Crippen molar-refractivity contribution in [1.29, 1.82) is 0 Å². The Morgan fingerprint density at radius 3 is 2.52 bits per heavy atom. The predicted octanol–water partition coefficient (Wildman–Crippen LogP) is 4.89. The van der Waals surface area contributed by atoms with Crippen LogP contribution in [0.15, 0.2) is 48.5 Å². The van der Waals surface area contributed by atoms with Crippen molar-refractivity contribution in [2.45, 2.75) is 64.6 Å². The van der Waals surface area contributed by atoms with Crippen LogP contribution in [-0.2, 0) is 16.1 Å². The Hall–Kier alpha value is -2.53. The molecule has 2 aromatic rings. The zero-order valence-corrected chi connectivity index (χ0v) is 19.0. The fourth-order valence-corrected chi connectivity index (χ4v) is 3.98. The predicted molar refractivity (Wildman–Crippen MR) is 123 cm³/mol. The zero-order valence-electron chi connectivity index (χ0n) is 18.3. The minimum absolute atomic E-state index is 0.112. The SMILES string of the molecule is Cc1cc(OCC(=O)N(Cc2ccccc2)C(C)C(=O)NC2CCCCC2)ccc1Cl. The van der Waals surface area contributed by atoms with Gasteiger partial charge >= 0.3 is 0 Å². The lowest BCUT2D eigenvalue weighted by molar-refractivity contribution is -0.142. The summed E-state index contributed by atoms with van der Waals surface area (Å²) in [5.41, 5.74) is 1.85. The normalized spacial score (nSPS) is 15.2. The smallest absolute Gasteiger partial charge is 0.261 e. The number of ether oxygens (including phenoxy) is 1. The van der Waals surface area contributed by atoms with Crippen molar-refractivity contribution < 1.29 is 14.3 Å². The summed E-state index contributed by atoms with van der Waals surface area (Å²) in [5.74, 6) is 0.232. The molecule has 166 valence electrons. The second-order valence-corrected chi connectivity index (χ2v) is 8.63. The van der Waals surface area contributed by atoms with Gasteiger partial charge in [0.25, 0.3) is 5.91 Å². The first kappa shape index (κ1) is 23.1. The summed E-state index contributed by atoms with van der Waals surface area (Å²) in [6, 6.07) is 14.6. The average molecular weight is 443 g/mol. The number of carbonyl (C=O) groups excluding carboxylic acids is 2. The highest BCUT2D eigenvalue weighted by Crippen LogP contribution is 2.22. The fraction of sp³-hybridized carbons (Fsp3) is 0.440. The minimum atomic E-state index is -0.592. The van der Waals surface area contributed by atoms with Crippen molar-refractivity contribution in [1.82, 2.24) is 10.2 Å². The molecule has 1 atom stereocenters. The number of nitrogens with zero attached hydrogens (tertiary/aromatic N) is 1. The zero-order chi connectivity index (χ0) is 22.2. The summed E-state index contributed by atoms with van der Waals surface area (Å²) in [6.45, 7) is 3.87. The molecular weight excluding hydrogens is 412 g/mol. The molecule has 3 rings (SSSR count). The molecular formula is C25H31ClN2O3. The van der Waals surface area contributed by atoms with Crippen LogP contribution < -0.4 is 10.1 Å². The van der Waals surface area contributed by atoms with Gasteiger partial charge < -0.3 is 15.0 Å². The van der Waals surface area contributed by atoms with E-state index in [1.807, 2.05) is 37.3 Å². The maximum Gasteiger partial charge on any atom is 0.261 e. The average Bonchev–Trinajstić information content (AvgIpc) is 2.79. The monoisotopic (exact) mass is 442 g/mol. The number of aryl methyl sites for hydroxylation is 1. The highest BCUT2D eigenvalue weighted by Gasteiger charge is 2.28. The van der Waals surface area contributed by atoms with Crippen LogP contribution in [0.2, 0.25) is 5.02 Å². The Morgan fingerprint density at radius 1 is 1.13 bits per heavy atom. The number of hydrogen-bond acceptors (Lipinski definition) is 3. The van der Waals surface area contributed by atoms with Crippen molar-refractivity contribution >= 4 is 23.4 Å². The quantitative estimate of drug-likeness (QED) is 0.633. The van der Waals surface area contributed by atoms with E-state index in [-0.39, 0.29) is 24.5 Å². The Morgan fingerprint density at radius 2 is 1.84 bits per heavy atom. The van der Waals surface area contributed by atoms with E-state index in [4.69, 9.17) is 16.3 Å². The number of hydrogen-bond donors (Lipinski definition) is 1. The number of nitrogens with one attached hydrogen (secondary N) is 1. The van der Waals surface area contributed by atoms with Crippen LogP contribution in [0.3, 0.4) is 0 Å². The Balaban J connectivity index is 1.68. The summed E-state index contributed by atoms with van der Waals surface area (Å²) in [7, 11) is 0. The van der Waals surface area contributed by atoms with Gasteiger partial charge in [0, 0.05) is 17.6 Å². The summed E-state index contributed by atoms with van der Waals surface area (Å²) in [4.78, 5) is 27.6. The van der Waals surface area contributed by atoms with Gasteiger partial charge in [-0.3, -0.25) is 9.59 Å². The van der Waals surface area contributed by atoms with E-state index in [1.54, 1.807) is 30.0 Å². The van der Waals surface area contributed by atoms with Crippen LogP contribution in [0.4, 0.5) is 0 Å². The Bertz CT molecular complexity index is 882. The van der Waals surface area contributed by atoms with Crippen LogP contribution in [0.5, 0.6) is 5.75 Å². The van der Waals surface area contributed by atoms with Gasteiger partial charge in [-0.25, -0.2) is 0 Å².